The lowest BCUT2D eigenvalue weighted by Crippen LogP contribution is -2.51. The molecule has 164 valence electrons. The van der Waals surface area contributed by atoms with Crippen LogP contribution in [0.4, 0.5) is 0 Å². The first-order valence-electron chi connectivity index (χ1n) is 12.7. The SMILES string of the molecule is CCCCCCCCCCCCNC(C)(N)CCCCCCCCCCC. The van der Waals surface area contributed by atoms with E-state index in [-0.39, 0.29) is 5.66 Å². The predicted octanol–water partition coefficient (Wildman–Crippen LogP) is 8.09. The zero-order valence-electron chi connectivity index (χ0n) is 19.4. The Morgan fingerprint density at radius 2 is 0.852 bits per heavy atom. The fourth-order valence-corrected chi connectivity index (χ4v) is 3.88. The van der Waals surface area contributed by atoms with Gasteiger partial charge in [-0.1, -0.05) is 129 Å². The Morgan fingerprint density at radius 1 is 0.519 bits per heavy atom. The van der Waals surface area contributed by atoms with E-state index in [2.05, 4.69) is 26.1 Å². The van der Waals surface area contributed by atoms with Crippen molar-refractivity contribution in [3.63, 3.8) is 0 Å². The number of hydrogen-bond acceptors (Lipinski definition) is 2. The largest absolute Gasteiger partial charge is 0.314 e. The normalized spacial score (nSPS) is 13.8. The molecule has 0 aliphatic rings. The van der Waals surface area contributed by atoms with Gasteiger partial charge in [-0.15, -0.1) is 0 Å². The third-order valence-electron chi connectivity index (χ3n) is 5.86. The van der Waals surface area contributed by atoms with Crippen LogP contribution in [0.5, 0.6) is 0 Å². The zero-order chi connectivity index (χ0) is 20.1. The number of nitrogens with two attached hydrogens (primary N) is 1. The van der Waals surface area contributed by atoms with Crippen LogP contribution in [-0.4, -0.2) is 12.2 Å². The molecule has 0 aliphatic heterocycles. The first-order chi connectivity index (χ1) is 13.1. The highest BCUT2D eigenvalue weighted by Crippen LogP contribution is 2.14. The molecule has 0 heterocycles. The average molecular weight is 383 g/mol. The minimum Gasteiger partial charge on any atom is -0.314 e. The van der Waals surface area contributed by atoms with E-state index in [1.165, 1.54) is 122 Å². The van der Waals surface area contributed by atoms with Crippen molar-refractivity contribution < 1.29 is 0 Å². The number of hydrogen-bond donors (Lipinski definition) is 2. The molecule has 0 aromatic carbocycles. The summed E-state index contributed by atoms with van der Waals surface area (Å²) in [6, 6.07) is 0. The minimum atomic E-state index is -0.166. The molecule has 1 atom stereocenters. The number of nitrogens with one attached hydrogen (secondary N) is 1. The lowest BCUT2D eigenvalue weighted by molar-refractivity contribution is 0.324. The summed E-state index contributed by atoms with van der Waals surface area (Å²) in [6.07, 6.45) is 27.6. The molecule has 0 radical (unpaired) electrons. The van der Waals surface area contributed by atoms with Crippen LogP contribution >= 0.6 is 0 Å². The summed E-state index contributed by atoms with van der Waals surface area (Å²) in [5.41, 5.74) is 6.26. The summed E-state index contributed by atoms with van der Waals surface area (Å²) in [5.74, 6) is 0. The third kappa shape index (κ3) is 22.1. The average Bonchev–Trinajstić information content (AvgIpc) is 2.64. The van der Waals surface area contributed by atoms with E-state index in [0.29, 0.717) is 0 Å². The summed E-state index contributed by atoms with van der Waals surface area (Å²) in [4.78, 5) is 0. The van der Waals surface area contributed by atoms with E-state index in [9.17, 15) is 0 Å². The van der Waals surface area contributed by atoms with Gasteiger partial charge in [0, 0.05) is 0 Å². The van der Waals surface area contributed by atoms with Crippen molar-refractivity contribution in [1.82, 2.24) is 5.32 Å². The summed E-state index contributed by atoms with van der Waals surface area (Å²) in [7, 11) is 0. The Kier molecular flexibility index (Phi) is 20.6. The highest BCUT2D eigenvalue weighted by molar-refractivity contribution is 4.75. The molecule has 27 heavy (non-hydrogen) atoms. The lowest BCUT2D eigenvalue weighted by Gasteiger charge is -2.26. The molecule has 0 amide bonds. The summed E-state index contributed by atoms with van der Waals surface area (Å²) in [5, 5.41) is 3.59. The Labute approximate surface area is 172 Å². The van der Waals surface area contributed by atoms with Gasteiger partial charge in [0.15, 0.2) is 0 Å². The van der Waals surface area contributed by atoms with Gasteiger partial charge in [0.25, 0.3) is 0 Å². The second-order valence-corrected chi connectivity index (χ2v) is 9.10. The Hall–Kier alpha value is -0.0800. The topological polar surface area (TPSA) is 38.0 Å². The molecule has 2 heteroatoms. The summed E-state index contributed by atoms with van der Waals surface area (Å²) < 4.78 is 0. The van der Waals surface area contributed by atoms with Crippen molar-refractivity contribution in [3.8, 4) is 0 Å². The van der Waals surface area contributed by atoms with Crippen LogP contribution in [0.15, 0.2) is 0 Å². The van der Waals surface area contributed by atoms with E-state index in [1.54, 1.807) is 0 Å². The van der Waals surface area contributed by atoms with Crippen molar-refractivity contribution in [2.75, 3.05) is 6.54 Å². The Balaban J connectivity index is 3.31. The highest BCUT2D eigenvalue weighted by atomic mass is 15.1. The minimum absolute atomic E-state index is 0.166. The van der Waals surface area contributed by atoms with E-state index in [0.717, 1.165) is 13.0 Å². The van der Waals surface area contributed by atoms with Gasteiger partial charge in [-0.25, -0.2) is 0 Å². The van der Waals surface area contributed by atoms with Gasteiger partial charge >= 0.3 is 0 Å². The standard InChI is InChI=1S/C25H54N2/c1-4-6-8-10-12-14-16-18-20-22-24-27-25(3,26)23-21-19-17-15-13-11-9-7-5-2/h27H,4-24,26H2,1-3H3. The molecule has 0 aromatic rings. The van der Waals surface area contributed by atoms with Gasteiger partial charge in [0.2, 0.25) is 0 Å². The molecule has 0 rings (SSSR count). The molecule has 0 fully saturated rings. The molecule has 0 aliphatic carbocycles. The molecule has 0 saturated carbocycles. The number of unbranched alkanes of at least 4 members (excludes halogenated alkanes) is 17. The molecule has 3 N–H and O–H groups in total. The van der Waals surface area contributed by atoms with Crippen LogP contribution in [0.2, 0.25) is 0 Å². The van der Waals surface area contributed by atoms with Crippen molar-refractivity contribution in [2.45, 2.75) is 155 Å². The molecule has 1 unspecified atom stereocenters. The monoisotopic (exact) mass is 382 g/mol. The van der Waals surface area contributed by atoms with E-state index < -0.39 is 0 Å². The fraction of sp³-hybridized carbons (Fsp3) is 1.00. The van der Waals surface area contributed by atoms with Crippen molar-refractivity contribution >= 4 is 0 Å². The summed E-state index contributed by atoms with van der Waals surface area (Å²) >= 11 is 0. The van der Waals surface area contributed by atoms with Crippen LogP contribution in [0.3, 0.4) is 0 Å². The maximum Gasteiger partial charge on any atom is 0.0632 e. The van der Waals surface area contributed by atoms with Crippen LogP contribution in [0, 0.1) is 0 Å². The van der Waals surface area contributed by atoms with E-state index in [1.807, 2.05) is 0 Å². The van der Waals surface area contributed by atoms with Crippen LogP contribution < -0.4 is 11.1 Å². The summed E-state index contributed by atoms with van der Waals surface area (Å²) in [6.45, 7) is 7.83. The van der Waals surface area contributed by atoms with Gasteiger partial charge in [-0.05, 0) is 26.3 Å². The van der Waals surface area contributed by atoms with Crippen LogP contribution in [-0.2, 0) is 0 Å². The third-order valence-corrected chi connectivity index (χ3v) is 5.86. The molecular weight excluding hydrogens is 328 g/mol. The first-order valence-corrected chi connectivity index (χ1v) is 12.7. The van der Waals surface area contributed by atoms with Crippen molar-refractivity contribution in [1.29, 1.82) is 0 Å². The maximum atomic E-state index is 6.42. The molecule has 0 aromatic heterocycles. The lowest BCUT2D eigenvalue weighted by atomic mass is 10.0. The Bertz CT molecular complexity index is 275. The first kappa shape index (κ1) is 26.9. The quantitative estimate of drug-likeness (QED) is 0.147. The zero-order valence-corrected chi connectivity index (χ0v) is 19.4. The Morgan fingerprint density at radius 3 is 1.26 bits per heavy atom. The number of rotatable bonds is 22. The second kappa shape index (κ2) is 20.6. The van der Waals surface area contributed by atoms with E-state index >= 15 is 0 Å². The molecular formula is C25H54N2. The van der Waals surface area contributed by atoms with Crippen molar-refractivity contribution in [2.24, 2.45) is 5.73 Å². The second-order valence-electron chi connectivity index (χ2n) is 9.10. The maximum absolute atomic E-state index is 6.42. The van der Waals surface area contributed by atoms with Gasteiger partial charge in [0.05, 0.1) is 5.66 Å². The van der Waals surface area contributed by atoms with Crippen LogP contribution in [0.25, 0.3) is 0 Å². The fourth-order valence-electron chi connectivity index (χ4n) is 3.88. The van der Waals surface area contributed by atoms with Gasteiger partial charge < -0.3 is 5.73 Å². The van der Waals surface area contributed by atoms with Crippen LogP contribution in [0.1, 0.15) is 149 Å². The molecule has 2 nitrogen and oxygen atoms in total. The molecule has 0 bridgehead atoms. The predicted molar refractivity (Wildman–Crippen MR) is 124 cm³/mol. The van der Waals surface area contributed by atoms with Gasteiger partial charge in [-0.2, -0.15) is 0 Å². The van der Waals surface area contributed by atoms with Gasteiger partial charge in [-0.3, -0.25) is 5.32 Å². The van der Waals surface area contributed by atoms with Gasteiger partial charge in [0.1, 0.15) is 0 Å². The molecule has 0 spiro atoms. The van der Waals surface area contributed by atoms with E-state index in [4.69, 9.17) is 5.73 Å². The molecule has 0 saturated heterocycles. The van der Waals surface area contributed by atoms with Crippen molar-refractivity contribution in [3.05, 3.63) is 0 Å². The smallest absolute Gasteiger partial charge is 0.0632 e. The highest BCUT2D eigenvalue weighted by Gasteiger charge is 2.15.